The smallest absolute Gasteiger partial charge is 0.329 e. The molecule has 0 saturated carbocycles. The maximum Gasteiger partial charge on any atom is 0.329 e. The summed E-state index contributed by atoms with van der Waals surface area (Å²) in [4.78, 5) is 38.4. The van der Waals surface area contributed by atoms with Crippen LogP contribution in [-0.4, -0.2) is 46.6 Å². The average Bonchev–Trinajstić information content (AvgIpc) is 2.88. The highest BCUT2D eigenvalue weighted by Gasteiger charge is 2.32. The van der Waals surface area contributed by atoms with E-state index >= 15 is 4.39 Å². The van der Waals surface area contributed by atoms with E-state index in [0.29, 0.717) is 17.7 Å². The molecule has 0 radical (unpaired) electrons. The summed E-state index contributed by atoms with van der Waals surface area (Å²) in [6.45, 7) is 4.21. The van der Waals surface area contributed by atoms with Gasteiger partial charge in [0.2, 0.25) is 11.8 Å². The van der Waals surface area contributed by atoms with Crippen molar-refractivity contribution in [2.45, 2.75) is 31.8 Å². The summed E-state index contributed by atoms with van der Waals surface area (Å²) in [5.41, 5.74) is 0.519. The molecule has 2 aliphatic heterocycles. The lowest BCUT2D eigenvalue weighted by Crippen LogP contribution is -2.50. The van der Waals surface area contributed by atoms with E-state index in [9.17, 15) is 14.4 Å². The predicted octanol–water partition coefficient (Wildman–Crippen LogP) is 0.255. The number of amides is 2. The molecular formula is C18H22FN5O3. The number of imide groups is 1. The third-order valence-electron chi connectivity index (χ3n) is 5.49. The molecule has 0 bridgehead atoms. The number of fused-ring (bicyclic) bond motifs is 1. The van der Waals surface area contributed by atoms with Crippen molar-refractivity contribution in [2.24, 2.45) is 7.05 Å². The Hall–Kier alpha value is -2.68. The van der Waals surface area contributed by atoms with Crippen molar-refractivity contribution in [1.82, 2.24) is 19.8 Å². The molecule has 1 unspecified atom stereocenters. The Morgan fingerprint density at radius 1 is 1.22 bits per heavy atom. The van der Waals surface area contributed by atoms with Gasteiger partial charge in [0.15, 0.2) is 5.82 Å². The number of hydrogen-bond acceptors (Lipinski definition) is 5. The van der Waals surface area contributed by atoms with Crippen LogP contribution in [0.2, 0.25) is 0 Å². The molecule has 2 N–H and O–H groups in total. The molecule has 1 aromatic heterocycles. The highest BCUT2D eigenvalue weighted by atomic mass is 19.1. The number of benzene rings is 1. The molecule has 2 fully saturated rings. The van der Waals surface area contributed by atoms with Gasteiger partial charge in [-0.25, -0.2) is 9.18 Å². The summed E-state index contributed by atoms with van der Waals surface area (Å²) in [5, 5.41) is 5.53. The van der Waals surface area contributed by atoms with Gasteiger partial charge in [0.25, 0.3) is 0 Å². The number of hydrogen-bond donors (Lipinski definition) is 2. The third-order valence-corrected chi connectivity index (χ3v) is 5.49. The number of rotatable bonds is 2. The van der Waals surface area contributed by atoms with Crippen LogP contribution in [0.1, 0.15) is 25.8 Å². The van der Waals surface area contributed by atoms with E-state index in [1.807, 2.05) is 11.8 Å². The van der Waals surface area contributed by atoms with Gasteiger partial charge < -0.3 is 10.2 Å². The van der Waals surface area contributed by atoms with Gasteiger partial charge in [-0.1, -0.05) is 0 Å². The molecule has 4 rings (SSSR count). The van der Waals surface area contributed by atoms with Crippen LogP contribution in [0.15, 0.2) is 16.9 Å². The first-order valence-corrected chi connectivity index (χ1v) is 9.10. The minimum atomic E-state index is -0.817. The van der Waals surface area contributed by atoms with Crippen LogP contribution in [0, 0.1) is 5.82 Å². The average molecular weight is 375 g/mol. The van der Waals surface area contributed by atoms with Crippen molar-refractivity contribution in [2.75, 3.05) is 24.5 Å². The summed E-state index contributed by atoms with van der Waals surface area (Å²) in [6, 6.07) is 2.66. The summed E-state index contributed by atoms with van der Waals surface area (Å²) in [7, 11) is 1.50. The number of piperazine rings is 1. The third kappa shape index (κ3) is 2.73. The number of anilines is 1. The van der Waals surface area contributed by atoms with Gasteiger partial charge in [0, 0.05) is 39.1 Å². The summed E-state index contributed by atoms with van der Waals surface area (Å²) in [5.74, 6) is -1.35. The monoisotopic (exact) mass is 375 g/mol. The van der Waals surface area contributed by atoms with Gasteiger partial charge in [-0.05, 0) is 25.5 Å². The standard InChI is InChI=1S/C18H22FN5O3/c1-10-9-20-7-8-23(10)11-3-4-12-16(15(11)19)22(2)18(27)24(12)13-5-6-14(25)21-17(13)26/h3-4,10,13,20H,5-9H2,1-2H3,(H,21,25,26)/t10-,13?/m0/s1. The zero-order valence-corrected chi connectivity index (χ0v) is 15.3. The number of carbonyl (C=O) groups excluding carboxylic acids is 2. The predicted molar refractivity (Wildman–Crippen MR) is 98.2 cm³/mol. The van der Waals surface area contributed by atoms with Crippen molar-refractivity contribution >= 4 is 28.5 Å². The fourth-order valence-electron chi connectivity index (χ4n) is 4.07. The fraction of sp³-hybridized carbons (Fsp3) is 0.500. The Balaban J connectivity index is 1.85. The maximum absolute atomic E-state index is 15.4. The second-order valence-electron chi connectivity index (χ2n) is 7.19. The Bertz CT molecular complexity index is 995. The molecule has 1 aromatic carbocycles. The zero-order chi connectivity index (χ0) is 19.3. The van der Waals surface area contributed by atoms with Crippen LogP contribution >= 0.6 is 0 Å². The Morgan fingerprint density at radius 2 is 2.00 bits per heavy atom. The zero-order valence-electron chi connectivity index (χ0n) is 15.3. The number of aryl methyl sites for hydroxylation is 1. The second-order valence-corrected chi connectivity index (χ2v) is 7.19. The van der Waals surface area contributed by atoms with E-state index in [1.165, 1.54) is 16.2 Å². The van der Waals surface area contributed by atoms with Crippen molar-refractivity contribution in [1.29, 1.82) is 0 Å². The first kappa shape index (κ1) is 17.7. The van der Waals surface area contributed by atoms with Gasteiger partial charge in [0.05, 0.1) is 11.2 Å². The highest BCUT2D eigenvalue weighted by molar-refractivity contribution is 6.00. The topological polar surface area (TPSA) is 88.4 Å². The fourth-order valence-corrected chi connectivity index (χ4v) is 4.07. The van der Waals surface area contributed by atoms with Gasteiger partial charge in [-0.3, -0.25) is 24.0 Å². The minimum Gasteiger partial charge on any atom is -0.364 e. The van der Waals surface area contributed by atoms with E-state index in [4.69, 9.17) is 0 Å². The molecule has 0 spiro atoms. The lowest BCUT2D eigenvalue weighted by Gasteiger charge is -2.36. The molecule has 144 valence electrons. The molecule has 2 amide bonds. The van der Waals surface area contributed by atoms with Gasteiger partial charge in [-0.2, -0.15) is 0 Å². The molecule has 8 nitrogen and oxygen atoms in total. The van der Waals surface area contributed by atoms with Crippen molar-refractivity contribution in [3.63, 3.8) is 0 Å². The lowest BCUT2D eigenvalue weighted by atomic mass is 10.1. The van der Waals surface area contributed by atoms with Gasteiger partial charge in [0.1, 0.15) is 11.6 Å². The first-order valence-electron chi connectivity index (χ1n) is 9.10. The van der Waals surface area contributed by atoms with Crippen LogP contribution in [0.3, 0.4) is 0 Å². The van der Waals surface area contributed by atoms with E-state index in [1.54, 1.807) is 12.1 Å². The summed E-state index contributed by atoms with van der Waals surface area (Å²) >= 11 is 0. The second kappa shape index (κ2) is 6.49. The van der Waals surface area contributed by atoms with Crippen LogP contribution in [0.5, 0.6) is 0 Å². The molecule has 2 aromatic rings. The van der Waals surface area contributed by atoms with Gasteiger partial charge >= 0.3 is 5.69 Å². The molecule has 27 heavy (non-hydrogen) atoms. The molecule has 9 heteroatoms. The number of aromatic nitrogens is 2. The lowest BCUT2D eigenvalue weighted by molar-refractivity contribution is -0.135. The van der Waals surface area contributed by atoms with E-state index in [0.717, 1.165) is 13.1 Å². The van der Waals surface area contributed by atoms with Crippen LogP contribution in [-0.2, 0) is 16.6 Å². The SMILES string of the molecule is C[C@H]1CNCCN1c1ccc2c(c1F)n(C)c(=O)n2C1CCC(=O)NC1=O. The van der Waals surface area contributed by atoms with Crippen molar-refractivity contribution in [3.8, 4) is 0 Å². The quantitative estimate of drug-likeness (QED) is 0.735. The van der Waals surface area contributed by atoms with E-state index in [-0.39, 0.29) is 30.3 Å². The first-order chi connectivity index (χ1) is 12.9. The highest BCUT2D eigenvalue weighted by Crippen LogP contribution is 2.31. The minimum absolute atomic E-state index is 0.125. The Morgan fingerprint density at radius 3 is 2.70 bits per heavy atom. The van der Waals surface area contributed by atoms with Gasteiger partial charge in [-0.15, -0.1) is 0 Å². The maximum atomic E-state index is 15.4. The number of carbonyl (C=O) groups is 2. The largest absolute Gasteiger partial charge is 0.364 e. The van der Waals surface area contributed by atoms with E-state index < -0.39 is 23.5 Å². The van der Waals surface area contributed by atoms with Crippen LogP contribution in [0.4, 0.5) is 10.1 Å². The van der Waals surface area contributed by atoms with Crippen LogP contribution < -0.4 is 21.2 Å². The number of nitrogens with one attached hydrogen (secondary N) is 2. The summed E-state index contributed by atoms with van der Waals surface area (Å²) in [6.07, 6.45) is 0.375. The Labute approximate surface area is 154 Å². The van der Waals surface area contributed by atoms with Crippen LogP contribution in [0.25, 0.3) is 11.0 Å². The molecule has 2 saturated heterocycles. The van der Waals surface area contributed by atoms with E-state index in [2.05, 4.69) is 10.6 Å². The molecular weight excluding hydrogens is 353 g/mol. The Kier molecular flexibility index (Phi) is 4.26. The molecule has 2 atom stereocenters. The molecule has 0 aliphatic carbocycles. The number of piperidine rings is 1. The van der Waals surface area contributed by atoms with Crippen molar-refractivity contribution in [3.05, 3.63) is 28.4 Å². The summed E-state index contributed by atoms with van der Waals surface area (Å²) < 4.78 is 18.0. The number of halogens is 1. The molecule has 2 aliphatic rings. The molecule has 3 heterocycles. The normalized spacial score (nSPS) is 23.7. The van der Waals surface area contributed by atoms with Crippen molar-refractivity contribution < 1.29 is 14.0 Å². The number of nitrogens with zero attached hydrogens (tertiary/aromatic N) is 3. The number of imidazole rings is 1.